The van der Waals surface area contributed by atoms with Gasteiger partial charge in [0.05, 0.1) is 30.3 Å². The highest BCUT2D eigenvalue weighted by Gasteiger charge is 2.44. The molecular formula is C27H30O6. The maximum Gasteiger partial charge on any atom is 0.338 e. The molecule has 0 radical (unpaired) electrons. The summed E-state index contributed by atoms with van der Waals surface area (Å²) in [6.45, 7) is 2.63. The number of aliphatic hydroxyl groups excluding tert-OH is 1. The van der Waals surface area contributed by atoms with Gasteiger partial charge in [0, 0.05) is 11.5 Å². The van der Waals surface area contributed by atoms with Gasteiger partial charge in [-0.25, -0.2) is 4.79 Å². The van der Waals surface area contributed by atoms with Crippen molar-refractivity contribution < 1.29 is 28.9 Å². The Labute approximate surface area is 193 Å². The van der Waals surface area contributed by atoms with Crippen LogP contribution in [0.25, 0.3) is 0 Å². The summed E-state index contributed by atoms with van der Waals surface area (Å²) in [7, 11) is 0. The molecule has 2 aromatic rings. The van der Waals surface area contributed by atoms with Crippen LogP contribution in [-0.4, -0.2) is 36.7 Å². The monoisotopic (exact) mass is 450 g/mol. The highest BCUT2D eigenvalue weighted by molar-refractivity contribution is 5.93. The van der Waals surface area contributed by atoms with E-state index in [2.05, 4.69) is 0 Å². The van der Waals surface area contributed by atoms with Crippen molar-refractivity contribution in [3.63, 3.8) is 0 Å². The molecule has 0 saturated heterocycles. The zero-order chi connectivity index (χ0) is 23.0. The van der Waals surface area contributed by atoms with Crippen molar-refractivity contribution >= 4 is 12.3 Å². The second-order valence-electron chi connectivity index (χ2n) is 9.95. The van der Waals surface area contributed by atoms with Crippen molar-refractivity contribution in [2.45, 2.75) is 51.2 Å². The van der Waals surface area contributed by atoms with Crippen molar-refractivity contribution in [1.29, 1.82) is 0 Å². The summed E-state index contributed by atoms with van der Waals surface area (Å²) < 4.78 is 17.2. The maximum atomic E-state index is 11.8. The summed E-state index contributed by atoms with van der Waals surface area (Å²) in [6.07, 6.45) is 5.09. The van der Waals surface area contributed by atoms with E-state index in [-0.39, 0.29) is 24.6 Å². The Hall–Kier alpha value is -2.86. The molecule has 174 valence electrons. The lowest BCUT2D eigenvalue weighted by atomic mass is 9.72. The van der Waals surface area contributed by atoms with Crippen LogP contribution in [0.3, 0.4) is 0 Å². The predicted molar refractivity (Wildman–Crippen MR) is 121 cm³/mol. The molecule has 0 amide bonds. The molecule has 0 spiro atoms. The fourth-order valence-corrected chi connectivity index (χ4v) is 5.12. The molecule has 1 aliphatic heterocycles. The molecule has 6 nitrogen and oxygen atoms in total. The molecule has 5 rings (SSSR count). The lowest BCUT2D eigenvalue weighted by molar-refractivity contribution is -0.119. The molecule has 2 aliphatic carbocycles. The Balaban J connectivity index is 1.14. The van der Waals surface area contributed by atoms with E-state index in [9.17, 15) is 14.7 Å². The fourth-order valence-electron chi connectivity index (χ4n) is 5.12. The first-order valence-corrected chi connectivity index (χ1v) is 11.8. The Morgan fingerprint density at radius 2 is 2.00 bits per heavy atom. The highest BCUT2D eigenvalue weighted by atomic mass is 16.5. The Kier molecular flexibility index (Phi) is 5.87. The predicted octanol–water partition coefficient (Wildman–Crippen LogP) is 4.28. The number of ether oxygens (including phenoxy) is 3. The first-order valence-electron chi connectivity index (χ1n) is 11.8. The van der Waals surface area contributed by atoms with E-state index in [0.717, 1.165) is 54.6 Å². The number of hydrogen-bond acceptors (Lipinski definition) is 6. The van der Waals surface area contributed by atoms with Gasteiger partial charge in [-0.1, -0.05) is 19.1 Å². The topological polar surface area (TPSA) is 82.1 Å². The van der Waals surface area contributed by atoms with Crippen molar-refractivity contribution in [3.05, 3.63) is 59.2 Å². The first-order chi connectivity index (χ1) is 16.0. The second kappa shape index (κ2) is 8.82. The minimum atomic E-state index is -0.769. The van der Waals surface area contributed by atoms with Crippen molar-refractivity contribution in [1.82, 2.24) is 0 Å². The van der Waals surface area contributed by atoms with E-state index >= 15 is 0 Å². The second-order valence-corrected chi connectivity index (χ2v) is 9.95. The van der Waals surface area contributed by atoms with Crippen LogP contribution >= 0.6 is 0 Å². The number of cyclic esters (lactones) is 1. The van der Waals surface area contributed by atoms with Gasteiger partial charge in [-0.15, -0.1) is 0 Å². The number of aliphatic hydroxyl groups is 1. The molecule has 2 aromatic carbocycles. The summed E-state index contributed by atoms with van der Waals surface area (Å²) in [4.78, 5) is 23.3. The number of hydrogen-bond donors (Lipinski definition) is 1. The standard InChI is InChI=1S/C27H30O6/c1-27(15-28,16-29)25(18-5-6-18)19-3-2-4-21(11-19)31-13-17-9-23(10-17)33-22-7-8-24-20(12-22)14-32-26(24)30/h2-4,7-8,11-12,15,17-18,23,25,29H,5-6,9-10,13-14,16H2,1H3/t17?,23?,25?,27-/m0/s1. The third-order valence-electron chi connectivity index (χ3n) is 7.27. The lowest BCUT2D eigenvalue weighted by Gasteiger charge is -2.35. The SMILES string of the molecule is C[C@](C=O)(CO)C(c1cccc(OCC2CC(Oc3ccc4c(c3)COC4=O)C2)c1)C1CC1. The van der Waals surface area contributed by atoms with Gasteiger partial charge in [0.2, 0.25) is 0 Å². The van der Waals surface area contributed by atoms with Gasteiger partial charge in [-0.2, -0.15) is 0 Å². The van der Waals surface area contributed by atoms with Crippen LogP contribution in [0.15, 0.2) is 42.5 Å². The van der Waals surface area contributed by atoms with Crippen LogP contribution in [0.5, 0.6) is 11.5 Å². The average molecular weight is 451 g/mol. The van der Waals surface area contributed by atoms with Gasteiger partial charge in [-0.05, 0) is 73.4 Å². The van der Waals surface area contributed by atoms with Crippen molar-refractivity contribution in [3.8, 4) is 11.5 Å². The van der Waals surface area contributed by atoms with Gasteiger partial charge in [-0.3, -0.25) is 0 Å². The third kappa shape index (κ3) is 4.49. The van der Waals surface area contributed by atoms with Crippen LogP contribution in [0, 0.1) is 17.3 Å². The number of benzene rings is 2. The molecule has 1 N–H and O–H groups in total. The van der Waals surface area contributed by atoms with Gasteiger partial charge < -0.3 is 24.1 Å². The molecule has 3 aliphatic rings. The van der Waals surface area contributed by atoms with Gasteiger partial charge in [0.1, 0.15) is 24.4 Å². The van der Waals surface area contributed by atoms with Crippen LogP contribution in [0.2, 0.25) is 0 Å². The number of fused-ring (bicyclic) bond motifs is 1. The maximum absolute atomic E-state index is 11.8. The zero-order valence-corrected chi connectivity index (χ0v) is 18.9. The van der Waals surface area contributed by atoms with Gasteiger partial charge in [0.25, 0.3) is 0 Å². The minimum absolute atomic E-state index is 0.0121. The van der Waals surface area contributed by atoms with Crippen molar-refractivity contribution in [2.75, 3.05) is 13.2 Å². The molecule has 1 unspecified atom stereocenters. The molecule has 2 saturated carbocycles. The van der Waals surface area contributed by atoms with Crippen LogP contribution < -0.4 is 9.47 Å². The van der Waals surface area contributed by atoms with Gasteiger partial charge >= 0.3 is 5.97 Å². The van der Waals surface area contributed by atoms with Crippen LogP contribution in [0.4, 0.5) is 0 Å². The number of aldehydes is 1. The minimum Gasteiger partial charge on any atom is -0.493 e. The van der Waals surface area contributed by atoms with Gasteiger partial charge in [0.15, 0.2) is 0 Å². The zero-order valence-electron chi connectivity index (χ0n) is 18.9. The molecular weight excluding hydrogens is 420 g/mol. The number of rotatable bonds is 10. The normalized spacial score (nSPS) is 24.1. The first kappa shape index (κ1) is 22.0. The van der Waals surface area contributed by atoms with Crippen LogP contribution in [-0.2, 0) is 16.1 Å². The molecule has 0 bridgehead atoms. The largest absolute Gasteiger partial charge is 0.493 e. The molecule has 0 aromatic heterocycles. The summed E-state index contributed by atoms with van der Waals surface area (Å²) in [6, 6.07) is 13.5. The summed E-state index contributed by atoms with van der Waals surface area (Å²) in [5.74, 6) is 2.19. The molecule has 6 heteroatoms. The average Bonchev–Trinajstić information content (AvgIpc) is 3.57. The smallest absolute Gasteiger partial charge is 0.338 e. The van der Waals surface area contributed by atoms with E-state index in [1.165, 1.54) is 0 Å². The number of carbonyl (C=O) groups excluding carboxylic acids is 2. The highest BCUT2D eigenvalue weighted by Crippen LogP contribution is 2.51. The Bertz CT molecular complexity index is 1040. The summed E-state index contributed by atoms with van der Waals surface area (Å²) >= 11 is 0. The quantitative estimate of drug-likeness (QED) is 0.430. The lowest BCUT2D eigenvalue weighted by Crippen LogP contribution is -2.37. The molecule has 2 fully saturated rings. The molecule has 1 heterocycles. The van der Waals surface area contributed by atoms with E-state index in [1.54, 1.807) is 6.07 Å². The number of carbonyl (C=O) groups is 2. The molecule has 2 atom stereocenters. The number of esters is 1. The third-order valence-corrected chi connectivity index (χ3v) is 7.27. The Morgan fingerprint density at radius 3 is 2.73 bits per heavy atom. The van der Waals surface area contributed by atoms with E-state index in [4.69, 9.17) is 14.2 Å². The summed E-state index contributed by atoms with van der Waals surface area (Å²) in [5.41, 5.74) is 1.80. The van der Waals surface area contributed by atoms with E-state index < -0.39 is 5.41 Å². The van der Waals surface area contributed by atoms with Crippen LogP contribution in [0.1, 0.15) is 60.0 Å². The van der Waals surface area contributed by atoms with E-state index in [0.29, 0.717) is 30.6 Å². The summed E-state index contributed by atoms with van der Waals surface area (Å²) in [5, 5.41) is 9.87. The molecule has 33 heavy (non-hydrogen) atoms. The van der Waals surface area contributed by atoms with Crippen molar-refractivity contribution in [2.24, 2.45) is 17.3 Å². The van der Waals surface area contributed by atoms with E-state index in [1.807, 2.05) is 43.3 Å². The fraction of sp³-hybridized carbons (Fsp3) is 0.481. The Morgan fingerprint density at radius 1 is 1.18 bits per heavy atom.